The Bertz CT molecular complexity index is 128. The Hall–Kier alpha value is -0.160. The number of likely N-dealkylation sites (N-methyl/N-ethyl adjacent to an activating group) is 1. The molecule has 0 radical (unpaired) electrons. The molecule has 92 valence electrons. The molecule has 3 N–H and O–H groups in total. The van der Waals surface area contributed by atoms with Crippen LogP contribution in [0.15, 0.2) is 0 Å². The average molecular weight is 216 g/mol. The molecule has 0 spiro atoms. The maximum atomic E-state index is 5.60. The maximum absolute atomic E-state index is 5.60. The van der Waals surface area contributed by atoms with E-state index in [0.29, 0.717) is 0 Å². The van der Waals surface area contributed by atoms with Crippen molar-refractivity contribution in [3.8, 4) is 0 Å². The number of hydrogen-bond acceptors (Lipinski definition) is 4. The Morgan fingerprint density at radius 1 is 1.07 bits per heavy atom. The number of rotatable bonds is 10. The van der Waals surface area contributed by atoms with Gasteiger partial charge in [0, 0.05) is 26.2 Å². The molecule has 0 saturated heterocycles. The van der Waals surface area contributed by atoms with Crippen molar-refractivity contribution in [2.45, 2.75) is 13.3 Å². The van der Waals surface area contributed by atoms with Crippen molar-refractivity contribution in [1.82, 2.24) is 15.1 Å². The Morgan fingerprint density at radius 3 is 2.33 bits per heavy atom. The molecule has 0 atom stereocenters. The minimum atomic E-state index is 0.759. The Labute approximate surface area is 94.8 Å². The van der Waals surface area contributed by atoms with E-state index in [0.717, 1.165) is 45.8 Å². The van der Waals surface area contributed by atoms with Crippen molar-refractivity contribution in [2.24, 2.45) is 5.73 Å². The minimum absolute atomic E-state index is 0.759. The molecule has 0 aromatic carbocycles. The molecule has 4 heteroatoms. The van der Waals surface area contributed by atoms with Gasteiger partial charge in [-0.05, 0) is 40.2 Å². The van der Waals surface area contributed by atoms with Gasteiger partial charge >= 0.3 is 0 Å². The van der Waals surface area contributed by atoms with Crippen LogP contribution in [0.1, 0.15) is 13.3 Å². The minimum Gasteiger partial charge on any atom is -0.329 e. The summed E-state index contributed by atoms with van der Waals surface area (Å²) >= 11 is 0. The zero-order valence-electron chi connectivity index (χ0n) is 10.6. The summed E-state index contributed by atoms with van der Waals surface area (Å²) in [5, 5.41) is 3.34. The molecule has 0 aliphatic rings. The second-order valence-electron chi connectivity index (χ2n) is 4.14. The van der Waals surface area contributed by atoms with E-state index in [4.69, 9.17) is 5.73 Å². The van der Waals surface area contributed by atoms with Gasteiger partial charge in [0.05, 0.1) is 0 Å². The molecule has 0 heterocycles. The normalized spacial score (nSPS) is 11.6. The van der Waals surface area contributed by atoms with Crippen molar-refractivity contribution in [1.29, 1.82) is 0 Å². The summed E-state index contributed by atoms with van der Waals surface area (Å²) in [5.74, 6) is 0. The topological polar surface area (TPSA) is 44.5 Å². The van der Waals surface area contributed by atoms with Crippen molar-refractivity contribution in [3.63, 3.8) is 0 Å². The number of nitrogens with one attached hydrogen (secondary N) is 1. The van der Waals surface area contributed by atoms with Crippen LogP contribution >= 0.6 is 0 Å². The van der Waals surface area contributed by atoms with Crippen LogP contribution < -0.4 is 11.1 Å². The lowest BCUT2D eigenvalue weighted by Crippen LogP contribution is -2.36. The highest BCUT2D eigenvalue weighted by molar-refractivity contribution is 4.61. The summed E-state index contributed by atoms with van der Waals surface area (Å²) in [4.78, 5) is 4.66. The van der Waals surface area contributed by atoms with Gasteiger partial charge in [-0.2, -0.15) is 0 Å². The van der Waals surface area contributed by atoms with Crippen molar-refractivity contribution in [2.75, 3.05) is 59.9 Å². The molecule has 0 aromatic rings. The Balaban J connectivity index is 3.53. The van der Waals surface area contributed by atoms with Gasteiger partial charge < -0.3 is 20.9 Å². The zero-order valence-corrected chi connectivity index (χ0v) is 10.6. The largest absolute Gasteiger partial charge is 0.329 e. The Morgan fingerprint density at radius 2 is 1.80 bits per heavy atom. The van der Waals surface area contributed by atoms with Crippen LogP contribution in [0.25, 0.3) is 0 Å². The van der Waals surface area contributed by atoms with Gasteiger partial charge in [-0.15, -0.1) is 0 Å². The SMILES string of the molecule is CCNCCCN(CCN)CCN(C)C. The molecule has 0 rings (SSSR count). The molecule has 0 aliphatic carbocycles. The number of nitrogens with zero attached hydrogens (tertiary/aromatic N) is 2. The van der Waals surface area contributed by atoms with Gasteiger partial charge in [-0.3, -0.25) is 0 Å². The molecule has 4 nitrogen and oxygen atoms in total. The first kappa shape index (κ1) is 14.8. The summed E-state index contributed by atoms with van der Waals surface area (Å²) in [5.41, 5.74) is 5.60. The molecule has 0 fully saturated rings. The molecule has 0 amide bonds. The molecule has 0 unspecified atom stereocenters. The monoisotopic (exact) mass is 216 g/mol. The lowest BCUT2D eigenvalue weighted by atomic mass is 10.3. The van der Waals surface area contributed by atoms with Crippen LogP contribution in [0.5, 0.6) is 0 Å². The van der Waals surface area contributed by atoms with E-state index in [1.165, 1.54) is 6.42 Å². The molecule has 0 aliphatic heterocycles. The summed E-state index contributed by atoms with van der Waals surface area (Å²) in [6.45, 7) is 9.47. The quantitative estimate of drug-likeness (QED) is 0.497. The maximum Gasteiger partial charge on any atom is 0.0110 e. The summed E-state index contributed by atoms with van der Waals surface area (Å²) in [7, 11) is 4.22. The third-order valence-electron chi connectivity index (χ3n) is 2.39. The second kappa shape index (κ2) is 10.4. The van der Waals surface area contributed by atoms with E-state index < -0.39 is 0 Å². The van der Waals surface area contributed by atoms with Crippen LogP contribution in [0.3, 0.4) is 0 Å². The van der Waals surface area contributed by atoms with E-state index in [2.05, 4.69) is 36.1 Å². The lowest BCUT2D eigenvalue weighted by Gasteiger charge is -2.23. The highest BCUT2D eigenvalue weighted by Gasteiger charge is 2.03. The van der Waals surface area contributed by atoms with Gasteiger partial charge in [0.15, 0.2) is 0 Å². The number of hydrogen-bond donors (Lipinski definition) is 2. The fourth-order valence-corrected chi connectivity index (χ4v) is 1.46. The van der Waals surface area contributed by atoms with Crippen LogP contribution in [-0.2, 0) is 0 Å². The summed E-state index contributed by atoms with van der Waals surface area (Å²) < 4.78 is 0. The van der Waals surface area contributed by atoms with E-state index in [9.17, 15) is 0 Å². The van der Waals surface area contributed by atoms with Gasteiger partial charge in [-0.1, -0.05) is 6.92 Å². The van der Waals surface area contributed by atoms with Crippen LogP contribution in [0, 0.1) is 0 Å². The van der Waals surface area contributed by atoms with Gasteiger partial charge in [-0.25, -0.2) is 0 Å². The van der Waals surface area contributed by atoms with Crippen molar-refractivity contribution < 1.29 is 0 Å². The van der Waals surface area contributed by atoms with Crippen molar-refractivity contribution >= 4 is 0 Å². The van der Waals surface area contributed by atoms with E-state index in [1.807, 2.05) is 0 Å². The lowest BCUT2D eigenvalue weighted by molar-refractivity contribution is 0.243. The molecule has 0 aromatic heterocycles. The third kappa shape index (κ3) is 10.1. The van der Waals surface area contributed by atoms with Crippen LogP contribution in [-0.4, -0.2) is 69.7 Å². The summed E-state index contributed by atoms with van der Waals surface area (Å²) in [6.07, 6.45) is 1.21. The van der Waals surface area contributed by atoms with Gasteiger partial charge in [0.25, 0.3) is 0 Å². The predicted octanol–water partition coefficient (Wildman–Crippen LogP) is -0.192. The standard InChI is InChI=1S/C11H28N4/c1-4-13-7-5-8-15(9-6-12)11-10-14(2)3/h13H,4-12H2,1-3H3. The van der Waals surface area contributed by atoms with E-state index in [1.54, 1.807) is 0 Å². The van der Waals surface area contributed by atoms with Gasteiger partial charge in [0.1, 0.15) is 0 Å². The number of nitrogens with two attached hydrogens (primary N) is 1. The first-order chi connectivity index (χ1) is 7.20. The molecular weight excluding hydrogens is 188 g/mol. The fraction of sp³-hybridized carbons (Fsp3) is 1.00. The molecular formula is C11H28N4. The molecule has 15 heavy (non-hydrogen) atoms. The second-order valence-corrected chi connectivity index (χ2v) is 4.14. The smallest absolute Gasteiger partial charge is 0.0110 e. The summed E-state index contributed by atoms with van der Waals surface area (Å²) in [6, 6.07) is 0. The first-order valence-corrected chi connectivity index (χ1v) is 5.98. The highest BCUT2D eigenvalue weighted by Crippen LogP contribution is 1.91. The first-order valence-electron chi connectivity index (χ1n) is 5.98. The average Bonchev–Trinajstić information content (AvgIpc) is 2.20. The highest BCUT2D eigenvalue weighted by atomic mass is 15.2. The zero-order chi connectivity index (χ0) is 11.5. The van der Waals surface area contributed by atoms with Crippen LogP contribution in [0.4, 0.5) is 0 Å². The van der Waals surface area contributed by atoms with E-state index in [-0.39, 0.29) is 0 Å². The third-order valence-corrected chi connectivity index (χ3v) is 2.39. The predicted molar refractivity (Wildman–Crippen MR) is 67.2 cm³/mol. The van der Waals surface area contributed by atoms with Gasteiger partial charge in [0.2, 0.25) is 0 Å². The molecule has 0 saturated carbocycles. The van der Waals surface area contributed by atoms with Crippen LogP contribution in [0.2, 0.25) is 0 Å². The van der Waals surface area contributed by atoms with Crippen molar-refractivity contribution in [3.05, 3.63) is 0 Å². The fourth-order valence-electron chi connectivity index (χ4n) is 1.46. The van der Waals surface area contributed by atoms with E-state index >= 15 is 0 Å². The Kier molecular flexibility index (Phi) is 10.3. The molecule has 0 bridgehead atoms.